The summed E-state index contributed by atoms with van der Waals surface area (Å²) in [5.41, 5.74) is 4.11. The van der Waals surface area contributed by atoms with Crippen LogP contribution in [0.15, 0.2) is 68.8 Å². The van der Waals surface area contributed by atoms with Crippen molar-refractivity contribution in [1.29, 1.82) is 0 Å². The number of nitro groups is 1. The fraction of sp³-hybridized carbons (Fsp3) is 0.0500. The number of aromatic carboxylic acids is 1. The van der Waals surface area contributed by atoms with Crippen LogP contribution in [0.2, 0.25) is 0 Å². The maximum atomic E-state index is 11.0. The van der Waals surface area contributed by atoms with E-state index in [1.54, 1.807) is 24.3 Å². The van der Waals surface area contributed by atoms with Gasteiger partial charge in [0.1, 0.15) is 12.4 Å². The average Bonchev–Trinajstić information content (AvgIpc) is 2.73. The largest absolute Gasteiger partial charge is 0.487 e. The number of halogens is 2. The highest BCUT2D eigenvalue weighted by Gasteiger charge is 2.13. The third-order valence-corrected chi connectivity index (χ3v) is 5.15. The highest BCUT2D eigenvalue weighted by Crippen LogP contribution is 2.35. The Kier molecular flexibility index (Phi) is 7.32. The zero-order valence-corrected chi connectivity index (χ0v) is 18.8. The van der Waals surface area contributed by atoms with Gasteiger partial charge in [0.25, 0.3) is 0 Å². The van der Waals surface area contributed by atoms with Gasteiger partial charge in [0.05, 0.1) is 25.6 Å². The van der Waals surface area contributed by atoms with Crippen LogP contribution >= 0.6 is 31.9 Å². The van der Waals surface area contributed by atoms with E-state index < -0.39 is 10.9 Å². The van der Waals surface area contributed by atoms with Crippen molar-refractivity contribution < 1.29 is 19.6 Å². The number of aromatic nitrogens is 1. The van der Waals surface area contributed by atoms with Gasteiger partial charge >= 0.3 is 11.7 Å². The Morgan fingerprint density at radius 2 is 1.90 bits per heavy atom. The number of hydrogen-bond donors (Lipinski definition) is 2. The van der Waals surface area contributed by atoms with E-state index in [-0.39, 0.29) is 23.7 Å². The lowest BCUT2D eigenvalue weighted by Gasteiger charge is -2.11. The van der Waals surface area contributed by atoms with Crippen molar-refractivity contribution in [2.24, 2.45) is 5.10 Å². The summed E-state index contributed by atoms with van der Waals surface area (Å²) in [4.78, 5) is 25.3. The second-order valence-corrected chi connectivity index (χ2v) is 7.81. The number of hydrogen-bond acceptors (Lipinski definition) is 7. The van der Waals surface area contributed by atoms with Crippen LogP contribution in [0.3, 0.4) is 0 Å². The number of nitrogens with one attached hydrogen (secondary N) is 1. The number of ether oxygens (including phenoxy) is 1. The molecule has 0 saturated heterocycles. The van der Waals surface area contributed by atoms with Gasteiger partial charge in [0.15, 0.2) is 0 Å². The first-order valence-electron chi connectivity index (χ1n) is 8.67. The van der Waals surface area contributed by atoms with Gasteiger partial charge in [-0.3, -0.25) is 15.5 Å². The molecule has 0 aliphatic heterocycles. The average molecular weight is 550 g/mol. The van der Waals surface area contributed by atoms with Gasteiger partial charge in [0, 0.05) is 12.3 Å². The van der Waals surface area contributed by atoms with Gasteiger partial charge in [-0.15, -0.1) is 0 Å². The summed E-state index contributed by atoms with van der Waals surface area (Å²) >= 11 is 6.91. The van der Waals surface area contributed by atoms with E-state index in [4.69, 9.17) is 9.84 Å². The molecule has 158 valence electrons. The number of benzene rings is 2. The van der Waals surface area contributed by atoms with Crippen molar-refractivity contribution >= 4 is 55.5 Å². The molecule has 0 aliphatic carbocycles. The highest BCUT2D eigenvalue weighted by molar-refractivity contribution is 9.11. The standard InChI is InChI=1S/C20H14Br2N4O5/c21-15-8-13(10-24-25-19-17(26(29)30)2-1-7-23-19)9-16(22)18(15)31-11-12-3-5-14(6-4-12)20(27)28/h1-10H,11H2,(H,23,25)(H,27,28)/b24-10-. The van der Waals surface area contributed by atoms with Crippen LogP contribution in [-0.2, 0) is 6.61 Å². The SMILES string of the molecule is O=C(O)c1ccc(COc2c(Br)cc(/C=N\Nc3ncccc3[N+](=O)[O-])cc2Br)cc1. The van der Waals surface area contributed by atoms with Gasteiger partial charge < -0.3 is 9.84 Å². The molecule has 0 amide bonds. The summed E-state index contributed by atoms with van der Waals surface area (Å²) < 4.78 is 7.16. The summed E-state index contributed by atoms with van der Waals surface area (Å²) in [6, 6.07) is 12.8. The highest BCUT2D eigenvalue weighted by atomic mass is 79.9. The number of pyridine rings is 1. The minimum atomic E-state index is -0.984. The molecule has 0 atom stereocenters. The van der Waals surface area contributed by atoms with E-state index in [0.717, 1.165) is 5.56 Å². The van der Waals surface area contributed by atoms with E-state index in [1.165, 1.54) is 36.7 Å². The van der Waals surface area contributed by atoms with E-state index in [1.807, 2.05) is 0 Å². The Morgan fingerprint density at radius 3 is 2.52 bits per heavy atom. The van der Waals surface area contributed by atoms with Crippen LogP contribution in [-0.4, -0.2) is 27.2 Å². The second-order valence-electron chi connectivity index (χ2n) is 6.10. The molecule has 3 aromatic rings. The molecule has 11 heteroatoms. The molecule has 0 bridgehead atoms. The maximum absolute atomic E-state index is 11.0. The molecule has 0 saturated carbocycles. The van der Waals surface area contributed by atoms with Crippen molar-refractivity contribution in [3.05, 3.63) is 90.5 Å². The molecule has 0 spiro atoms. The fourth-order valence-corrected chi connectivity index (χ4v) is 3.94. The first kappa shape index (κ1) is 22.4. The third-order valence-electron chi connectivity index (χ3n) is 3.97. The van der Waals surface area contributed by atoms with Crippen LogP contribution in [0.5, 0.6) is 5.75 Å². The first-order valence-corrected chi connectivity index (χ1v) is 10.3. The minimum Gasteiger partial charge on any atom is -0.487 e. The zero-order valence-electron chi connectivity index (χ0n) is 15.7. The predicted molar refractivity (Wildman–Crippen MR) is 122 cm³/mol. The molecule has 9 nitrogen and oxygen atoms in total. The molecular weight excluding hydrogens is 536 g/mol. The van der Waals surface area contributed by atoms with Crippen molar-refractivity contribution in [2.45, 2.75) is 6.61 Å². The molecule has 1 heterocycles. The van der Waals surface area contributed by atoms with Crippen LogP contribution in [0.25, 0.3) is 0 Å². The van der Waals surface area contributed by atoms with E-state index in [0.29, 0.717) is 20.3 Å². The van der Waals surface area contributed by atoms with Gasteiger partial charge in [-0.05, 0) is 73.3 Å². The molecule has 2 aromatic carbocycles. The number of nitrogens with zero attached hydrogens (tertiary/aromatic N) is 3. The quantitative estimate of drug-likeness (QED) is 0.223. The van der Waals surface area contributed by atoms with Crippen LogP contribution in [0, 0.1) is 10.1 Å². The van der Waals surface area contributed by atoms with Gasteiger partial charge in [-0.1, -0.05) is 12.1 Å². The van der Waals surface area contributed by atoms with Gasteiger partial charge in [-0.2, -0.15) is 5.10 Å². The summed E-state index contributed by atoms with van der Waals surface area (Å²) in [5.74, 6) is -0.383. The number of hydrazone groups is 1. The number of carboxylic acid groups (broad SMARTS) is 1. The predicted octanol–water partition coefficient (Wildman–Crippen LogP) is 5.24. The maximum Gasteiger partial charge on any atom is 0.335 e. The first-order chi connectivity index (χ1) is 14.8. The molecular formula is C20H14Br2N4O5. The molecule has 0 aliphatic rings. The lowest BCUT2D eigenvalue weighted by atomic mass is 10.1. The zero-order chi connectivity index (χ0) is 22.4. The third kappa shape index (κ3) is 5.86. The summed E-state index contributed by atoms with van der Waals surface area (Å²) in [6.07, 6.45) is 2.92. The van der Waals surface area contributed by atoms with E-state index in [9.17, 15) is 14.9 Å². The lowest BCUT2D eigenvalue weighted by Crippen LogP contribution is -2.00. The Hall–Kier alpha value is -3.31. The normalized spacial score (nSPS) is 10.8. The number of rotatable bonds is 8. The Labute approximate surface area is 193 Å². The monoisotopic (exact) mass is 548 g/mol. The van der Waals surface area contributed by atoms with E-state index >= 15 is 0 Å². The van der Waals surface area contributed by atoms with Crippen LogP contribution < -0.4 is 10.2 Å². The molecule has 31 heavy (non-hydrogen) atoms. The molecule has 0 fully saturated rings. The summed E-state index contributed by atoms with van der Waals surface area (Å²) in [6.45, 7) is 0.245. The molecule has 2 N–H and O–H groups in total. The molecule has 0 radical (unpaired) electrons. The smallest absolute Gasteiger partial charge is 0.335 e. The van der Waals surface area contributed by atoms with E-state index in [2.05, 4.69) is 47.4 Å². The molecule has 1 aromatic heterocycles. The van der Waals surface area contributed by atoms with Crippen LogP contribution in [0.4, 0.5) is 11.5 Å². The Balaban J connectivity index is 1.68. The van der Waals surface area contributed by atoms with Crippen molar-refractivity contribution in [1.82, 2.24) is 4.98 Å². The number of carbonyl (C=O) groups is 1. The van der Waals surface area contributed by atoms with Crippen molar-refractivity contribution in [3.63, 3.8) is 0 Å². The van der Waals surface area contributed by atoms with Crippen LogP contribution in [0.1, 0.15) is 21.5 Å². The summed E-state index contributed by atoms with van der Waals surface area (Å²) in [5, 5.41) is 24.0. The number of carboxylic acids is 1. The van der Waals surface area contributed by atoms with Gasteiger partial charge in [-0.25, -0.2) is 9.78 Å². The number of anilines is 1. The Bertz CT molecular complexity index is 1130. The second kappa shape index (κ2) is 10.1. The fourth-order valence-electron chi connectivity index (χ4n) is 2.49. The van der Waals surface area contributed by atoms with Crippen molar-refractivity contribution in [3.8, 4) is 5.75 Å². The summed E-state index contributed by atoms with van der Waals surface area (Å²) in [7, 11) is 0. The lowest BCUT2D eigenvalue weighted by molar-refractivity contribution is -0.384. The molecule has 3 rings (SSSR count). The van der Waals surface area contributed by atoms with Gasteiger partial charge in [0.2, 0.25) is 5.82 Å². The minimum absolute atomic E-state index is 0.0377. The van der Waals surface area contributed by atoms with Crippen molar-refractivity contribution in [2.75, 3.05) is 5.43 Å². The topological polar surface area (TPSA) is 127 Å². The molecule has 0 unspecified atom stereocenters. The Morgan fingerprint density at radius 1 is 1.23 bits per heavy atom.